The van der Waals surface area contributed by atoms with Gasteiger partial charge in [-0.1, -0.05) is 12.1 Å². The minimum atomic E-state index is -0.200. The van der Waals surface area contributed by atoms with Crippen molar-refractivity contribution in [1.82, 2.24) is 5.32 Å². The minimum absolute atomic E-state index is 0.0310. The van der Waals surface area contributed by atoms with Crippen LogP contribution in [0.4, 0.5) is 0 Å². The average Bonchev–Trinajstić information content (AvgIpc) is 2.37. The molecule has 0 saturated carbocycles. The Labute approximate surface area is 100 Å². The first kappa shape index (κ1) is 13.5. The first-order chi connectivity index (χ1) is 8.26. The lowest BCUT2D eigenvalue weighted by Crippen LogP contribution is -2.27. The fraction of sp³-hybridized carbons (Fsp3) is 0.417. The van der Waals surface area contributed by atoms with Crippen LogP contribution in [0.25, 0.3) is 0 Å². The molecule has 5 heteroatoms. The number of aliphatic hydroxyl groups excluding tert-OH is 1. The first-order valence-electron chi connectivity index (χ1n) is 5.34. The predicted molar refractivity (Wildman–Crippen MR) is 62.7 cm³/mol. The summed E-state index contributed by atoms with van der Waals surface area (Å²) in [5.74, 6) is 0.584. The number of ether oxygens (including phenoxy) is 2. The van der Waals surface area contributed by atoms with Gasteiger partial charge >= 0.3 is 0 Å². The number of aliphatic hydroxyl groups is 1. The number of methoxy groups -OCH3 is 1. The van der Waals surface area contributed by atoms with E-state index in [-0.39, 0.29) is 25.7 Å². The Balaban J connectivity index is 2.27. The molecule has 1 aromatic rings. The van der Waals surface area contributed by atoms with Crippen LogP contribution >= 0.6 is 0 Å². The van der Waals surface area contributed by atoms with Gasteiger partial charge in [0.25, 0.3) is 0 Å². The number of hydrogen-bond acceptors (Lipinski definition) is 4. The molecule has 0 atom stereocenters. The number of rotatable bonds is 7. The number of carbonyl (C=O) groups excluding carboxylic acids is 1. The van der Waals surface area contributed by atoms with Gasteiger partial charge in [-0.15, -0.1) is 0 Å². The van der Waals surface area contributed by atoms with Crippen molar-refractivity contribution in [2.45, 2.75) is 6.54 Å². The lowest BCUT2D eigenvalue weighted by Gasteiger charge is -2.06. The van der Waals surface area contributed by atoms with Crippen LogP contribution in [0.3, 0.4) is 0 Å². The van der Waals surface area contributed by atoms with Crippen LogP contribution in [0.1, 0.15) is 5.56 Å². The van der Waals surface area contributed by atoms with Gasteiger partial charge in [0.15, 0.2) is 0 Å². The van der Waals surface area contributed by atoms with Crippen molar-refractivity contribution in [2.24, 2.45) is 0 Å². The Morgan fingerprint density at radius 1 is 1.35 bits per heavy atom. The van der Waals surface area contributed by atoms with Crippen molar-refractivity contribution in [3.63, 3.8) is 0 Å². The molecule has 5 nitrogen and oxygen atoms in total. The van der Waals surface area contributed by atoms with E-state index in [9.17, 15) is 4.79 Å². The van der Waals surface area contributed by atoms with Crippen LogP contribution < -0.4 is 10.1 Å². The molecule has 0 radical (unpaired) electrons. The Morgan fingerprint density at radius 3 is 2.65 bits per heavy atom. The molecule has 0 unspecified atom stereocenters. The van der Waals surface area contributed by atoms with Gasteiger partial charge < -0.3 is 19.9 Å². The van der Waals surface area contributed by atoms with Crippen LogP contribution in [0, 0.1) is 0 Å². The maximum Gasteiger partial charge on any atom is 0.246 e. The van der Waals surface area contributed by atoms with E-state index in [1.807, 2.05) is 24.3 Å². The molecule has 1 aromatic carbocycles. The second kappa shape index (κ2) is 7.65. The second-order valence-corrected chi connectivity index (χ2v) is 3.40. The van der Waals surface area contributed by atoms with Gasteiger partial charge in [-0.25, -0.2) is 0 Å². The number of benzene rings is 1. The normalized spacial score (nSPS) is 10.0. The molecule has 0 aliphatic carbocycles. The van der Waals surface area contributed by atoms with Crippen LogP contribution in [0.2, 0.25) is 0 Å². The second-order valence-electron chi connectivity index (χ2n) is 3.40. The quantitative estimate of drug-likeness (QED) is 0.672. The summed E-state index contributed by atoms with van der Waals surface area (Å²) in [6, 6.07) is 7.44. The Kier molecular flexibility index (Phi) is 6.06. The van der Waals surface area contributed by atoms with Crippen LogP contribution in [0.5, 0.6) is 5.75 Å². The van der Waals surface area contributed by atoms with E-state index in [1.165, 1.54) is 0 Å². The summed E-state index contributed by atoms with van der Waals surface area (Å²) in [7, 11) is 1.61. The number of amides is 1. The smallest absolute Gasteiger partial charge is 0.246 e. The van der Waals surface area contributed by atoms with Crippen molar-refractivity contribution in [3.05, 3.63) is 29.8 Å². The van der Waals surface area contributed by atoms with E-state index in [0.717, 1.165) is 11.3 Å². The average molecular weight is 239 g/mol. The largest absolute Gasteiger partial charge is 0.497 e. The summed E-state index contributed by atoms with van der Waals surface area (Å²) in [4.78, 5) is 11.3. The molecule has 1 rings (SSSR count). The molecule has 0 bridgehead atoms. The maximum atomic E-state index is 11.3. The van der Waals surface area contributed by atoms with Gasteiger partial charge in [-0.3, -0.25) is 4.79 Å². The molecule has 0 saturated heterocycles. The summed E-state index contributed by atoms with van der Waals surface area (Å²) in [6.07, 6.45) is 0. The zero-order valence-corrected chi connectivity index (χ0v) is 9.81. The third kappa shape index (κ3) is 5.33. The third-order valence-corrected chi connectivity index (χ3v) is 2.12. The van der Waals surface area contributed by atoms with E-state index in [0.29, 0.717) is 6.54 Å². The molecule has 0 fully saturated rings. The fourth-order valence-corrected chi connectivity index (χ4v) is 1.22. The molecule has 0 heterocycles. The molecule has 0 spiro atoms. The molecule has 94 valence electrons. The van der Waals surface area contributed by atoms with E-state index in [1.54, 1.807) is 7.11 Å². The third-order valence-electron chi connectivity index (χ3n) is 2.12. The van der Waals surface area contributed by atoms with E-state index in [2.05, 4.69) is 5.32 Å². The maximum absolute atomic E-state index is 11.3. The zero-order chi connectivity index (χ0) is 12.5. The van der Waals surface area contributed by atoms with E-state index >= 15 is 0 Å². The minimum Gasteiger partial charge on any atom is -0.497 e. The molecular weight excluding hydrogens is 222 g/mol. The molecular formula is C12H17NO4. The Hall–Kier alpha value is -1.59. The lowest BCUT2D eigenvalue weighted by molar-refractivity contribution is -0.126. The van der Waals surface area contributed by atoms with Crippen LogP contribution in [-0.2, 0) is 16.1 Å². The van der Waals surface area contributed by atoms with Crippen molar-refractivity contribution in [3.8, 4) is 5.75 Å². The summed E-state index contributed by atoms with van der Waals surface area (Å²) >= 11 is 0. The van der Waals surface area contributed by atoms with E-state index in [4.69, 9.17) is 14.6 Å². The van der Waals surface area contributed by atoms with Gasteiger partial charge in [0.1, 0.15) is 12.4 Å². The van der Waals surface area contributed by atoms with Crippen molar-refractivity contribution >= 4 is 5.91 Å². The van der Waals surface area contributed by atoms with Gasteiger partial charge in [-0.05, 0) is 17.7 Å². The molecule has 1 amide bonds. The Bertz CT molecular complexity index is 337. The highest BCUT2D eigenvalue weighted by Gasteiger charge is 2.01. The Morgan fingerprint density at radius 2 is 2.06 bits per heavy atom. The molecule has 2 N–H and O–H groups in total. The van der Waals surface area contributed by atoms with Crippen molar-refractivity contribution in [1.29, 1.82) is 0 Å². The fourth-order valence-electron chi connectivity index (χ4n) is 1.22. The summed E-state index contributed by atoms with van der Waals surface area (Å²) in [5, 5.41) is 11.2. The highest BCUT2D eigenvalue weighted by Crippen LogP contribution is 2.10. The summed E-state index contributed by atoms with van der Waals surface area (Å²) in [5.41, 5.74) is 0.987. The predicted octanol–water partition coefficient (Wildman–Crippen LogP) is 0.320. The SMILES string of the molecule is COc1ccc(CNC(=O)COCCO)cc1. The molecule has 0 aromatic heterocycles. The summed E-state index contributed by atoms with van der Waals surface area (Å²) in [6.45, 7) is 0.518. The zero-order valence-electron chi connectivity index (χ0n) is 9.81. The lowest BCUT2D eigenvalue weighted by atomic mass is 10.2. The number of hydrogen-bond donors (Lipinski definition) is 2. The standard InChI is InChI=1S/C12H17NO4/c1-16-11-4-2-10(3-5-11)8-13-12(15)9-17-7-6-14/h2-5,14H,6-9H2,1H3,(H,13,15). The van der Waals surface area contributed by atoms with Gasteiger partial charge in [-0.2, -0.15) is 0 Å². The van der Waals surface area contributed by atoms with Crippen molar-refractivity contribution in [2.75, 3.05) is 26.9 Å². The number of carbonyl (C=O) groups is 1. The van der Waals surface area contributed by atoms with Crippen LogP contribution in [-0.4, -0.2) is 37.9 Å². The topological polar surface area (TPSA) is 67.8 Å². The molecule has 0 aliphatic rings. The van der Waals surface area contributed by atoms with Crippen LogP contribution in [0.15, 0.2) is 24.3 Å². The highest BCUT2D eigenvalue weighted by atomic mass is 16.5. The van der Waals surface area contributed by atoms with Crippen molar-refractivity contribution < 1.29 is 19.4 Å². The van der Waals surface area contributed by atoms with E-state index < -0.39 is 0 Å². The monoisotopic (exact) mass is 239 g/mol. The molecule has 0 aliphatic heterocycles. The first-order valence-corrected chi connectivity index (χ1v) is 5.34. The number of nitrogens with one attached hydrogen (secondary N) is 1. The molecule has 17 heavy (non-hydrogen) atoms. The highest BCUT2D eigenvalue weighted by molar-refractivity contribution is 5.77. The van der Waals surface area contributed by atoms with Gasteiger partial charge in [0.2, 0.25) is 5.91 Å². The van der Waals surface area contributed by atoms with Gasteiger partial charge in [0.05, 0.1) is 20.3 Å². The van der Waals surface area contributed by atoms with Gasteiger partial charge in [0, 0.05) is 6.54 Å². The summed E-state index contributed by atoms with van der Waals surface area (Å²) < 4.78 is 9.92.